The third-order valence-corrected chi connectivity index (χ3v) is 3.26. The Morgan fingerprint density at radius 1 is 1.15 bits per heavy atom. The van der Waals surface area contributed by atoms with Crippen molar-refractivity contribution in [3.8, 4) is 16.9 Å². The Bertz CT molecular complexity index is 635. The maximum absolute atomic E-state index is 10.9. The summed E-state index contributed by atoms with van der Waals surface area (Å²) in [5.74, 6) is 1.10. The second-order valence-corrected chi connectivity index (χ2v) is 4.92. The van der Waals surface area contributed by atoms with Crippen molar-refractivity contribution in [2.24, 2.45) is 0 Å². The Hall–Kier alpha value is -2.36. The van der Waals surface area contributed by atoms with Crippen LogP contribution in [0.25, 0.3) is 11.1 Å². The van der Waals surface area contributed by atoms with Crippen molar-refractivity contribution >= 4 is 5.69 Å². The molecule has 2 rings (SSSR count). The number of rotatable bonds is 4. The van der Waals surface area contributed by atoms with Crippen molar-refractivity contribution in [3.63, 3.8) is 0 Å². The number of ether oxygens (including phenoxy) is 1. The van der Waals surface area contributed by atoms with Crippen LogP contribution in [0.2, 0.25) is 0 Å². The molecule has 0 atom stereocenters. The molecule has 2 aromatic rings. The van der Waals surface area contributed by atoms with E-state index in [1.807, 2.05) is 24.3 Å². The third kappa shape index (κ3) is 2.79. The summed E-state index contributed by atoms with van der Waals surface area (Å²) in [5, 5.41) is 10.9. The zero-order valence-electron chi connectivity index (χ0n) is 11.8. The molecule has 0 radical (unpaired) electrons. The molecule has 4 heteroatoms. The Morgan fingerprint density at radius 3 is 2.50 bits per heavy atom. The average molecular weight is 271 g/mol. The van der Waals surface area contributed by atoms with E-state index >= 15 is 0 Å². The predicted octanol–water partition coefficient (Wildman–Crippen LogP) is 4.39. The van der Waals surface area contributed by atoms with E-state index < -0.39 is 0 Å². The van der Waals surface area contributed by atoms with E-state index in [2.05, 4.69) is 13.8 Å². The molecule has 2 aromatic carbocycles. The van der Waals surface area contributed by atoms with Crippen molar-refractivity contribution in [1.82, 2.24) is 0 Å². The van der Waals surface area contributed by atoms with E-state index in [-0.39, 0.29) is 10.6 Å². The van der Waals surface area contributed by atoms with Crippen LogP contribution in [-0.4, -0.2) is 12.0 Å². The van der Waals surface area contributed by atoms with Gasteiger partial charge in [-0.25, -0.2) is 0 Å². The first-order chi connectivity index (χ1) is 9.52. The third-order valence-electron chi connectivity index (χ3n) is 3.26. The van der Waals surface area contributed by atoms with Crippen molar-refractivity contribution in [1.29, 1.82) is 0 Å². The second-order valence-electron chi connectivity index (χ2n) is 4.92. The lowest BCUT2D eigenvalue weighted by molar-refractivity contribution is -0.384. The maximum atomic E-state index is 10.9. The van der Waals surface area contributed by atoms with Gasteiger partial charge in [0.1, 0.15) is 5.75 Å². The fraction of sp³-hybridized carbons (Fsp3) is 0.250. The fourth-order valence-corrected chi connectivity index (χ4v) is 2.10. The summed E-state index contributed by atoms with van der Waals surface area (Å²) in [7, 11) is 1.60. The molecule has 0 saturated heterocycles. The molecular weight excluding hydrogens is 254 g/mol. The molecule has 0 amide bonds. The summed E-state index contributed by atoms with van der Waals surface area (Å²) in [4.78, 5) is 10.5. The number of nitrogens with zero attached hydrogens (tertiary/aromatic N) is 1. The highest BCUT2D eigenvalue weighted by Gasteiger charge is 2.12. The first-order valence-electron chi connectivity index (χ1n) is 6.45. The standard InChI is InChI=1S/C16H17NO3/c1-11(2)12-7-8-16(20-3)15(10-12)13-5-4-6-14(9-13)17(18)19/h4-11H,1-3H3. The molecule has 0 spiro atoms. The highest BCUT2D eigenvalue weighted by Crippen LogP contribution is 2.34. The molecule has 0 bridgehead atoms. The van der Waals surface area contributed by atoms with Crippen LogP contribution in [0.5, 0.6) is 5.75 Å². The van der Waals surface area contributed by atoms with Gasteiger partial charge in [0.25, 0.3) is 5.69 Å². The summed E-state index contributed by atoms with van der Waals surface area (Å²) in [6, 6.07) is 12.6. The first kappa shape index (κ1) is 14.1. The summed E-state index contributed by atoms with van der Waals surface area (Å²) in [5.41, 5.74) is 2.92. The van der Waals surface area contributed by atoms with Crippen LogP contribution in [-0.2, 0) is 0 Å². The van der Waals surface area contributed by atoms with Gasteiger partial charge in [0, 0.05) is 17.7 Å². The van der Waals surface area contributed by atoms with E-state index in [9.17, 15) is 10.1 Å². The van der Waals surface area contributed by atoms with E-state index in [4.69, 9.17) is 4.74 Å². The van der Waals surface area contributed by atoms with Gasteiger partial charge < -0.3 is 4.74 Å². The number of hydrogen-bond acceptors (Lipinski definition) is 3. The number of methoxy groups -OCH3 is 1. The minimum Gasteiger partial charge on any atom is -0.496 e. The largest absolute Gasteiger partial charge is 0.496 e. The van der Waals surface area contributed by atoms with E-state index in [1.165, 1.54) is 11.6 Å². The van der Waals surface area contributed by atoms with Gasteiger partial charge in [-0.1, -0.05) is 32.0 Å². The molecule has 104 valence electrons. The number of non-ortho nitro benzene ring substituents is 1. The first-order valence-corrected chi connectivity index (χ1v) is 6.45. The van der Waals surface area contributed by atoms with Crippen molar-refractivity contribution in [2.75, 3.05) is 7.11 Å². The van der Waals surface area contributed by atoms with Gasteiger partial charge >= 0.3 is 0 Å². The normalized spacial score (nSPS) is 10.6. The highest BCUT2D eigenvalue weighted by atomic mass is 16.6. The lowest BCUT2D eigenvalue weighted by Gasteiger charge is -2.13. The van der Waals surface area contributed by atoms with Gasteiger partial charge in [-0.2, -0.15) is 0 Å². The minimum absolute atomic E-state index is 0.0829. The predicted molar refractivity (Wildman–Crippen MR) is 79.2 cm³/mol. The smallest absolute Gasteiger partial charge is 0.270 e. The quantitative estimate of drug-likeness (QED) is 0.612. The molecule has 0 aliphatic heterocycles. The van der Waals surface area contributed by atoms with Gasteiger partial charge in [-0.05, 0) is 29.2 Å². The highest BCUT2D eigenvalue weighted by molar-refractivity contribution is 5.73. The number of hydrogen-bond donors (Lipinski definition) is 0. The number of benzene rings is 2. The molecule has 4 nitrogen and oxygen atoms in total. The Kier molecular flexibility index (Phi) is 4.03. The molecule has 0 unspecified atom stereocenters. The number of nitro benzene ring substituents is 1. The summed E-state index contributed by atoms with van der Waals surface area (Å²) >= 11 is 0. The zero-order valence-corrected chi connectivity index (χ0v) is 11.8. The SMILES string of the molecule is COc1ccc(C(C)C)cc1-c1cccc([N+](=O)[O-])c1. The summed E-state index contributed by atoms with van der Waals surface area (Å²) in [6.07, 6.45) is 0. The van der Waals surface area contributed by atoms with Crippen molar-refractivity contribution < 1.29 is 9.66 Å². The molecule has 0 fully saturated rings. The molecule has 20 heavy (non-hydrogen) atoms. The molecule has 0 heterocycles. The average Bonchev–Trinajstić information content (AvgIpc) is 2.46. The van der Waals surface area contributed by atoms with Crippen molar-refractivity contribution in [3.05, 3.63) is 58.1 Å². The van der Waals surface area contributed by atoms with Crippen LogP contribution in [0.15, 0.2) is 42.5 Å². The van der Waals surface area contributed by atoms with Crippen LogP contribution in [0.4, 0.5) is 5.69 Å². The Labute approximate surface area is 118 Å². The molecular formula is C16H17NO3. The van der Waals surface area contributed by atoms with E-state index in [0.29, 0.717) is 5.92 Å². The molecule has 0 saturated carbocycles. The van der Waals surface area contributed by atoms with Crippen LogP contribution in [0.1, 0.15) is 25.3 Å². The van der Waals surface area contributed by atoms with E-state index in [1.54, 1.807) is 19.2 Å². The zero-order chi connectivity index (χ0) is 14.7. The molecule has 0 N–H and O–H groups in total. The van der Waals surface area contributed by atoms with Gasteiger partial charge in [-0.15, -0.1) is 0 Å². The fourth-order valence-electron chi connectivity index (χ4n) is 2.10. The van der Waals surface area contributed by atoms with Crippen LogP contribution >= 0.6 is 0 Å². The lowest BCUT2D eigenvalue weighted by atomic mass is 9.96. The van der Waals surface area contributed by atoms with Gasteiger partial charge in [0.2, 0.25) is 0 Å². The van der Waals surface area contributed by atoms with Gasteiger partial charge in [0.05, 0.1) is 12.0 Å². The van der Waals surface area contributed by atoms with Gasteiger partial charge in [0.15, 0.2) is 0 Å². The maximum Gasteiger partial charge on any atom is 0.270 e. The summed E-state index contributed by atoms with van der Waals surface area (Å²) < 4.78 is 5.36. The number of nitro groups is 1. The molecule has 0 aliphatic carbocycles. The lowest BCUT2D eigenvalue weighted by Crippen LogP contribution is -1.94. The van der Waals surface area contributed by atoms with E-state index in [0.717, 1.165) is 16.9 Å². The topological polar surface area (TPSA) is 52.4 Å². The van der Waals surface area contributed by atoms with Crippen LogP contribution in [0.3, 0.4) is 0 Å². The summed E-state index contributed by atoms with van der Waals surface area (Å²) in [6.45, 7) is 4.22. The Balaban J connectivity index is 2.57. The molecule has 0 aliphatic rings. The second kappa shape index (κ2) is 5.74. The monoisotopic (exact) mass is 271 g/mol. The molecule has 0 aromatic heterocycles. The minimum atomic E-state index is -0.387. The van der Waals surface area contributed by atoms with Gasteiger partial charge in [-0.3, -0.25) is 10.1 Å². The van der Waals surface area contributed by atoms with Crippen LogP contribution < -0.4 is 4.74 Å². The Morgan fingerprint density at radius 2 is 1.90 bits per heavy atom. The van der Waals surface area contributed by atoms with Crippen molar-refractivity contribution in [2.45, 2.75) is 19.8 Å². The van der Waals surface area contributed by atoms with Crippen LogP contribution in [0, 0.1) is 10.1 Å².